The molecule has 162 valence electrons. The molecular formula is C20H18N2O7S2. The van der Waals surface area contributed by atoms with Gasteiger partial charge in [0, 0.05) is 0 Å². The smallest absolute Gasteiger partial charge is 0.359 e. The van der Waals surface area contributed by atoms with Crippen molar-refractivity contribution in [3.05, 3.63) is 50.0 Å². The van der Waals surface area contributed by atoms with Crippen molar-refractivity contribution >= 4 is 58.7 Å². The summed E-state index contributed by atoms with van der Waals surface area (Å²) in [7, 11) is 1.17. The molecule has 3 rings (SSSR count). The summed E-state index contributed by atoms with van der Waals surface area (Å²) in [6.07, 6.45) is 0. The van der Waals surface area contributed by atoms with Gasteiger partial charge in [-0.2, -0.15) is 10.1 Å². The third kappa shape index (κ3) is 4.52. The Bertz CT molecular complexity index is 999. The predicted molar refractivity (Wildman–Crippen MR) is 116 cm³/mol. The Morgan fingerprint density at radius 1 is 0.935 bits per heavy atom. The Kier molecular flexibility index (Phi) is 7.18. The van der Waals surface area contributed by atoms with E-state index in [1.54, 1.807) is 44.2 Å². The topological polar surface area (TPSA) is 112 Å². The van der Waals surface area contributed by atoms with Crippen molar-refractivity contribution in [2.75, 3.05) is 25.3 Å². The summed E-state index contributed by atoms with van der Waals surface area (Å²) in [5.74, 6) is -2.85. The lowest BCUT2D eigenvalue weighted by atomic mass is 10.2. The molecule has 0 fully saturated rings. The molecule has 0 saturated carbocycles. The number of hydrogen-bond donors (Lipinski definition) is 0. The number of hydrazone groups is 1. The fraction of sp³-hybridized carbons (Fsp3) is 0.250. The van der Waals surface area contributed by atoms with E-state index in [9.17, 15) is 19.2 Å². The van der Waals surface area contributed by atoms with Gasteiger partial charge in [-0.05, 0) is 26.0 Å². The zero-order chi connectivity index (χ0) is 22.5. The highest BCUT2D eigenvalue weighted by Crippen LogP contribution is 2.52. The highest BCUT2D eigenvalue weighted by molar-refractivity contribution is 8.29. The van der Waals surface area contributed by atoms with E-state index in [1.807, 2.05) is 0 Å². The summed E-state index contributed by atoms with van der Waals surface area (Å²) in [6.45, 7) is 3.47. The van der Waals surface area contributed by atoms with Crippen molar-refractivity contribution in [3.8, 4) is 0 Å². The zero-order valence-electron chi connectivity index (χ0n) is 16.9. The molecule has 0 radical (unpaired) electrons. The number of carbonyl (C=O) groups excluding carboxylic acids is 4. The number of benzene rings is 1. The molecular weight excluding hydrogens is 444 g/mol. The molecule has 2 heterocycles. The number of esters is 3. The van der Waals surface area contributed by atoms with E-state index < -0.39 is 23.8 Å². The fourth-order valence-corrected chi connectivity index (χ4v) is 5.13. The molecule has 0 N–H and O–H groups in total. The molecule has 31 heavy (non-hydrogen) atoms. The highest BCUT2D eigenvalue weighted by atomic mass is 32.2. The normalized spacial score (nSPS) is 15.9. The first-order valence-electron chi connectivity index (χ1n) is 9.18. The van der Waals surface area contributed by atoms with E-state index in [4.69, 9.17) is 14.2 Å². The average molecular weight is 463 g/mol. The molecule has 2 aliphatic heterocycles. The van der Waals surface area contributed by atoms with Crippen LogP contribution in [-0.2, 0) is 33.4 Å². The Labute approximate surface area is 186 Å². The summed E-state index contributed by atoms with van der Waals surface area (Å²) in [6, 6.07) is 8.54. The van der Waals surface area contributed by atoms with E-state index in [2.05, 4.69) is 5.10 Å². The van der Waals surface area contributed by atoms with E-state index in [0.717, 1.165) is 28.5 Å². The molecule has 9 nitrogen and oxygen atoms in total. The molecule has 0 spiro atoms. The Morgan fingerprint density at radius 2 is 1.48 bits per heavy atom. The van der Waals surface area contributed by atoms with Crippen LogP contribution in [0.3, 0.4) is 0 Å². The molecule has 0 aliphatic carbocycles. The van der Waals surface area contributed by atoms with E-state index in [-0.39, 0.29) is 38.5 Å². The van der Waals surface area contributed by atoms with Crippen molar-refractivity contribution in [3.63, 3.8) is 0 Å². The number of methoxy groups -OCH3 is 1. The van der Waals surface area contributed by atoms with Gasteiger partial charge in [0.1, 0.15) is 9.81 Å². The largest absolute Gasteiger partial charge is 0.464 e. The molecule has 1 aromatic carbocycles. The summed E-state index contributed by atoms with van der Waals surface area (Å²) in [5.41, 5.74) is 0.160. The minimum atomic E-state index is -0.822. The van der Waals surface area contributed by atoms with Gasteiger partial charge in [0.2, 0.25) is 0 Å². The van der Waals surface area contributed by atoms with Crippen molar-refractivity contribution in [2.45, 2.75) is 13.8 Å². The molecule has 1 amide bonds. The number of anilines is 1. The van der Waals surface area contributed by atoms with Crippen molar-refractivity contribution in [2.24, 2.45) is 5.10 Å². The number of thioether (sulfide) groups is 2. The SMILES string of the molecule is CCOC(=O)C1=C(C(=O)OCC)SC(=C2C(=O)N(c3ccccc3)N=C2C(=O)OC)S1. The van der Waals surface area contributed by atoms with Crippen molar-refractivity contribution < 1.29 is 33.4 Å². The van der Waals surface area contributed by atoms with E-state index >= 15 is 0 Å². The maximum Gasteiger partial charge on any atom is 0.359 e. The van der Waals surface area contributed by atoms with Crippen molar-refractivity contribution in [1.29, 1.82) is 0 Å². The summed E-state index contributed by atoms with van der Waals surface area (Å²) in [5, 5.41) is 5.21. The Hall–Kier alpha value is -3.05. The number of ether oxygens (including phenoxy) is 3. The molecule has 0 unspecified atom stereocenters. The molecule has 0 atom stereocenters. The number of hydrogen-bond acceptors (Lipinski definition) is 10. The van der Waals surface area contributed by atoms with Crippen LogP contribution < -0.4 is 5.01 Å². The van der Waals surface area contributed by atoms with Crippen LogP contribution in [-0.4, -0.2) is 49.9 Å². The monoisotopic (exact) mass is 462 g/mol. The number of amides is 1. The number of nitrogens with zero attached hydrogens (tertiary/aromatic N) is 2. The lowest BCUT2D eigenvalue weighted by Crippen LogP contribution is -2.23. The Morgan fingerprint density at radius 3 is 1.97 bits per heavy atom. The van der Waals surface area contributed by atoms with E-state index in [0.29, 0.717) is 5.69 Å². The van der Waals surface area contributed by atoms with Crippen LogP contribution in [0.1, 0.15) is 13.8 Å². The molecule has 0 saturated heterocycles. The summed E-state index contributed by atoms with van der Waals surface area (Å²) >= 11 is 1.72. The summed E-state index contributed by atoms with van der Waals surface area (Å²) in [4.78, 5) is 50.3. The first kappa shape index (κ1) is 22.6. The van der Waals surface area contributed by atoms with Gasteiger partial charge in [-0.15, -0.1) is 0 Å². The van der Waals surface area contributed by atoms with Gasteiger partial charge in [0.15, 0.2) is 5.71 Å². The highest BCUT2D eigenvalue weighted by Gasteiger charge is 2.43. The maximum atomic E-state index is 13.2. The fourth-order valence-electron chi connectivity index (χ4n) is 2.63. The average Bonchev–Trinajstić information content (AvgIpc) is 3.35. The number of rotatable bonds is 6. The van der Waals surface area contributed by atoms with Gasteiger partial charge in [-0.25, -0.2) is 14.4 Å². The zero-order valence-corrected chi connectivity index (χ0v) is 18.5. The standard InChI is InChI=1S/C20H18N2O7S2/c1-4-28-18(25)14-15(19(26)29-5-2)31-20(30-14)12-13(17(24)27-3)21-22(16(12)23)11-9-7-6-8-10-11/h6-10H,4-5H2,1-3H3. The van der Waals surface area contributed by atoms with Crippen LogP contribution in [0.5, 0.6) is 0 Å². The van der Waals surface area contributed by atoms with Crippen molar-refractivity contribution in [1.82, 2.24) is 0 Å². The van der Waals surface area contributed by atoms with Crippen LogP contribution >= 0.6 is 23.5 Å². The van der Waals surface area contributed by atoms with Gasteiger partial charge in [0.25, 0.3) is 5.91 Å². The second-order valence-corrected chi connectivity index (χ2v) is 8.16. The minimum absolute atomic E-state index is 0.0111. The third-order valence-electron chi connectivity index (χ3n) is 3.94. The summed E-state index contributed by atoms with van der Waals surface area (Å²) < 4.78 is 15.1. The van der Waals surface area contributed by atoms with Gasteiger partial charge >= 0.3 is 17.9 Å². The number of para-hydroxylation sites is 1. The van der Waals surface area contributed by atoms with Gasteiger partial charge in [-0.3, -0.25) is 4.79 Å². The molecule has 1 aromatic rings. The molecule has 0 aromatic heterocycles. The minimum Gasteiger partial charge on any atom is -0.464 e. The lowest BCUT2D eigenvalue weighted by molar-refractivity contribution is -0.140. The Balaban J connectivity index is 2.06. The van der Waals surface area contributed by atoms with Gasteiger partial charge in [-0.1, -0.05) is 41.7 Å². The van der Waals surface area contributed by atoms with Crippen LogP contribution in [0.15, 0.2) is 55.1 Å². The second-order valence-electron chi connectivity index (χ2n) is 5.86. The van der Waals surface area contributed by atoms with Gasteiger partial charge in [0.05, 0.1) is 35.8 Å². The second kappa shape index (κ2) is 9.84. The molecule has 2 aliphatic rings. The molecule has 0 bridgehead atoms. The van der Waals surface area contributed by atoms with Crippen LogP contribution in [0.4, 0.5) is 5.69 Å². The van der Waals surface area contributed by atoms with Crippen LogP contribution in [0.2, 0.25) is 0 Å². The lowest BCUT2D eigenvalue weighted by Gasteiger charge is -2.11. The van der Waals surface area contributed by atoms with Crippen LogP contribution in [0, 0.1) is 0 Å². The first-order valence-corrected chi connectivity index (χ1v) is 10.8. The first-order chi connectivity index (χ1) is 14.9. The van der Waals surface area contributed by atoms with Gasteiger partial charge < -0.3 is 14.2 Å². The predicted octanol–water partition coefficient (Wildman–Crippen LogP) is 2.59. The quantitative estimate of drug-likeness (QED) is 0.358. The third-order valence-corrected chi connectivity index (χ3v) is 6.50. The van der Waals surface area contributed by atoms with E-state index in [1.165, 1.54) is 7.11 Å². The number of carbonyl (C=O) groups is 4. The molecule has 11 heteroatoms. The van der Waals surface area contributed by atoms with Crippen LogP contribution in [0.25, 0.3) is 0 Å². The maximum absolute atomic E-state index is 13.2.